The largest absolute Gasteiger partial charge is 0.260 e. The van der Waals surface area contributed by atoms with Gasteiger partial charge in [0.2, 0.25) is 0 Å². The molecule has 162 valence electrons. The Morgan fingerprint density at radius 1 is 0.933 bits per heavy atom. The summed E-state index contributed by atoms with van der Waals surface area (Å²) in [5.74, 6) is 1.55. The quantitative estimate of drug-likeness (QED) is 0.293. The van der Waals surface area contributed by atoms with Crippen LogP contribution in [0.25, 0.3) is 0 Å². The number of benzene rings is 2. The molecular formula is C29H41N. The monoisotopic (exact) mass is 403 g/mol. The highest BCUT2D eigenvalue weighted by molar-refractivity contribution is 5.78. The van der Waals surface area contributed by atoms with Crippen molar-refractivity contribution in [3.05, 3.63) is 76.9 Å². The third-order valence-corrected chi connectivity index (χ3v) is 5.75. The maximum Gasteiger partial charge on any atom is 0.0695 e. The first kappa shape index (κ1) is 24.1. The third kappa shape index (κ3) is 6.17. The lowest BCUT2D eigenvalue weighted by Gasteiger charge is -2.27. The molecule has 0 saturated heterocycles. The van der Waals surface area contributed by atoms with E-state index in [1.165, 1.54) is 27.8 Å². The third-order valence-electron chi connectivity index (χ3n) is 5.75. The molecule has 0 heterocycles. The highest BCUT2D eigenvalue weighted by Crippen LogP contribution is 2.36. The van der Waals surface area contributed by atoms with Crippen molar-refractivity contribution in [2.45, 2.75) is 85.5 Å². The number of nitrogens with zero attached hydrogens (tertiary/aromatic N) is 1. The van der Waals surface area contributed by atoms with Crippen LogP contribution in [0.3, 0.4) is 0 Å². The molecule has 0 bridgehead atoms. The van der Waals surface area contributed by atoms with Gasteiger partial charge in [0.25, 0.3) is 0 Å². The molecule has 1 atom stereocenters. The van der Waals surface area contributed by atoms with Gasteiger partial charge in [-0.3, -0.25) is 4.99 Å². The van der Waals surface area contributed by atoms with Crippen molar-refractivity contribution in [2.75, 3.05) is 0 Å². The molecule has 0 amide bonds. The number of para-hydroxylation sites is 1. The summed E-state index contributed by atoms with van der Waals surface area (Å²) in [5, 5.41) is 0. The summed E-state index contributed by atoms with van der Waals surface area (Å²) in [6.45, 7) is 22.1. The maximum atomic E-state index is 5.15. The van der Waals surface area contributed by atoms with Crippen LogP contribution >= 0.6 is 0 Å². The minimum absolute atomic E-state index is 0.180. The average molecular weight is 404 g/mol. The highest BCUT2D eigenvalue weighted by Gasteiger charge is 2.25. The van der Waals surface area contributed by atoms with E-state index in [1.807, 2.05) is 0 Å². The van der Waals surface area contributed by atoms with E-state index in [0.29, 0.717) is 17.8 Å². The summed E-state index contributed by atoms with van der Waals surface area (Å²) in [7, 11) is 0. The zero-order chi connectivity index (χ0) is 22.5. The normalized spacial score (nSPS) is 14.1. The van der Waals surface area contributed by atoms with Gasteiger partial charge in [-0.15, -0.1) is 6.58 Å². The van der Waals surface area contributed by atoms with E-state index >= 15 is 0 Å². The molecule has 2 rings (SSSR count). The molecule has 0 fully saturated rings. The molecule has 0 spiro atoms. The predicted molar refractivity (Wildman–Crippen MR) is 135 cm³/mol. The Bertz CT molecular complexity index is 841. The molecule has 1 heteroatoms. The van der Waals surface area contributed by atoms with Gasteiger partial charge in [-0.2, -0.15) is 0 Å². The van der Waals surface area contributed by atoms with Gasteiger partial charge in [-0.25, -0.2) is 0 Å². The van der Waals surface area contributed by atoms with Gasteiger partial charge in [0.15, 0.2) is 0 Å². The van der Waals surface area contributed by atoms with E-state index in [4.69, 9.17) is 4.99 Å². The summed E-state index contributed by atoms with van der Waals surface area (Å²) >= 11 is 0. The number of hydrogen-bond donors (Lipinski definition) is 0. The molecule has 0 aliphatic rings. The Morgan fingerprint density at radius 3 is 1.90 bits per heavy atom. The summed E-state index contributed by atoms with van der Waals surface area (Å²) in [4.78, 5) is 5.15. The van der Waals surface area contributed by atoms with Crippen molar-refractivity contribution >= 4 is 11.9 Å². The van der Waals surface area contributed by atoms with Crippen LogP contribution in [0.15, 0.2) is 59.6 Å². The summed E-state index contributed by atoms with van der Waals surface area (Å²) in [6.07, 6.45) is 4.18. The molecule has 30 heavy (non-hydrogen) atoms. The number of aliphatic imine (C=N–C) groups is 1. The molecular weight excluding hydrogens is 362 g/mol. The lowest BCUT2D eigenvalue weighted by atomic mass is 9.78. The molecule has 0 aromatic heterocycles. The van der Waals surface area contributed by atoms with Crippen molar-refractivity contribution in [1.29, 1.82) is 0 Å². The lowest BCUT2D eigenvalue weighted by molar-refractivity contribution is 0.635. The second-order valence-electron chi connectivity index (χ2n) is 10.2. The summed E-state index contributed by atoms with van der Waals surface area (Å²) in [5.41, 5.74) is 7.49. The topological polar surface area (TPSA) is 12.4 Å². The zero-order valence-electron chi connectivity index (χ0n) is 20.4. The van der Waals surface area contributed by atoms with Crippen LogP contribution in [0.1, 0.15) is 95.9 Å². The van der Waals surface area contributed by atoms with Gasteiger partial charge in [0.05, 0.1) is 5.69 Å². The highest BCUT2D eigenvalue weighted by atomic mass is 14.7. The molecule has 0 radical (unpaired) electrons. The van der Waals surface area contributed by atoms with Crippen LogP contribution < -0.4 is 0 Å². The Morgan fingerprint density at radius 2 is 1.47 bits per heavy atom. The van der Waals surface area contributed by atoms with Crippen LogP contribution in [0.4, 0.5) is 5.69 Å². The van der Waals surface area contributed by atoms with E-state index in [1.54, 1.807) is 0 Å². The van der Waals surface area contributed by atoms with E-state index in [0.717, 1.165) is 18.5 Å². The summed E-state index contributed by atoms with van der Waals surface area (Å²) in [6, 6.07) is 15.7. The fraction of sp³-hybridized carbons (Fsp3) is 0.483. The molecule has 0 N–H and O–H groups in total. The standard InChI is InChI=1S/C29H41N/c1-20(2)17-24-13-15-25(16-14-24)29(9,18-21(3)4)19-30-28-26(22(5)6)11-10-12-27(28)23(7)8/h10-16,19-20,22-23H,3,17-18H2,1-2,4-9H3. The molecule has 1 nitrogen and oxygen atoms in total. The fourth-order valence-corrected chi connectivity index (χ4v) is 4.21. The molecule has 2 aromatic carbocycles. The Balaban J connectivity index is 2.51. The van der Waals surface area contributed by atoms with E-state index < -0.39 is 0 Å². The van der Waals surface area contributed by atoms with E-state index in [2.05, 4.69) is 111 Å². The van der Waals surface area contributed by atoms with Gasteiger partial charge < -0.3 is 0 Å². The number of hydrogen-bond acceptors (Lipinski definition) is 1. The maximum absolute atomic E-state index is 5.15. The Hall–Kier alpha value is -2.15. The van der Waals surface area contributed by atoms with Crippen LogP contribution in [0, 0.1) is 5.92 Å². The smallest absolute Gasteiger partial charge is 0.0695 e. The van der Waals surface area contributed by atoms with Gasteiger partial charge in [-0.05, 0) is 59.8 Å². The van der Waals surface area contributed by atoms with Crippen molar-refractivity contribution in [1.82, 2.24) is 0 Å². The van der Waals surface area contributed by atoms with Crippen LogP contribution in [-0.2, 0) is 11.8 Å². The Kier molecular flexibility index (Phi) is 8.24. The van der Waals surface area contributed by atoms with Crippen LogP contribution in [0.2, 0.25) is 0 Å². The molecule has 0 aliphatic heterocycles. The van der Waals surface area contributed by atoms with Crippen LogP contribution in [0.5, 0.6) is 0 Å². The number of rotatable bonds is 9. The zero-order valence-corrected chi connectivity index (χ0v) is 20.4. The SMILES string of the molecule is C=C(C)CC(C)(C=Nc1c(C(C)C)cccc1C(C)C)c1ccc(CC(C)C)cc1. The average Bonchev–Trinajstić information content (AvgIpc) is 2.65. The van der Waals surface area contributed by atoms with Gasteiger partial charge >= 0.3 is 0 Å². The first-order chi connectivity index (χ1) is 14.0. The first-order valence-corrected chi connectivity index (χ1v) is 11.4. The Labute approximate surface area is 185 Å². The van der Waals surface area contributed by atoms with Crippen molar-refractivity contribution in [3.8, 4) is 0 Å². The van der Waals surface area contributed by atoms with Gasteiger partial charge in [0.1, 0.15) is 0 Å². The second kappa shape index (κ2) is 10.2. The minimum Gasteiger partial charge on any atom is -0.260 e. The first-order valence-electron chi connectivity index (χ1n) is 11.4. The lowest BCUT2D eigenvalue weighted by Crippen LogP contribution is -2.24. The van der Waals surface area contributed by atoms with Crippen molar-refractivity contribution in [2.24, 2.45) is 10.9 Å². The minimum atomic E-state index is -0.180. The van der Waals surface area contributed by atoms with Crippen molar-refractivity contribution in [3.63, 3.8) is 0 Å². The summed E-state index contributed by atoms with van der Waals surface area (Å²) < 4.78 is 0. The number of allylic oxidation sites excluding steroid dienone is 1. The van der Waals surface area contributed by atoms with Crippen molar-refractivity contribution < 1.29 is 0 Å². The predicted octanol–water partition coefficient (Wildman–Crippen LogP) is 8.76. The molecule has 1 unspecified atom stereocenters. The second-order valence-corrected chi connectivity index (χ2v) is 10.2. The molecule has 2 aromatic rings. The van der Waals surface area contributed by atoms with E-state index in [9.17, 15) is 0 Å². The molecule has 0 aliphatic carbocycles. The van der Waals surface area contributed by atoms with Crippen LogP contribution in [-0.4, -0.2) is 6.21 Å². The van der Waals surface area contributed by atoms with Gasteiger partial charge in [-0.1, -0.05) is 96.5 Å². The molecule has 0 saturated carbocycles. The fourth-order valence-electron chi connectivity index (χ4n) is 4.21. The van der Waals surface area contributed by atoms with Gasteiger partial charge in [0, 0.05) is 11.6 Å². The van der Waals surface area contributed by atoms with E-state index in [-0.39, 0.29) is 5.41 Å².